The highest BCUT2D eigenvalue weighted by Crippen LogP contribution is 2.48. The van der Waals surface area contributed by atoms with E-state index in [0.717, 1.165) is 18.1 Å². The normalized spacial score (nSPS) is 39.4. The third-order valence-corrected chi connectivity index (χ3v) is 5.40. The third kappa shape index (κ3) is 1.91. The Balaban J connectivity index is 1.58. The lowest BCUT2D eigenvalue weighted by atomic mass is 9.95. The molecule has 2 heteroatoms. The van der Waals surface area contributed by atoms with Crippen molar-refractivity contribution < 1.29 is 0 Å². The van der Waals surface area contributed by atoms with Crippen LogP contribution in [0.2, 0.25) is 0 Å². The summed E-state index contributed by atoms with van der Waals surface area (Å²) in [4.78, 5) is 2.73. The van der Waals surface area contributed by atoms with Crippen LogP contribution in [-0.2, 0) is 0 Å². The van der Waals surface area contributed by atoms with Crippen LogP contribution < -0.4 is 5.32 Å². The number of hydrogen-bond acceptors (Lipinski definition) is 2. The smallest absolute Gasteiger partial charge is 0.0249 e. The molecule has 92 valence electrons. The van der Waals surface area contributed by atoms with Crippen LogP contribution in [0.1, 0.15) is 52.4 Å². The lowest BCUT2D eigenvalue weighted by Gasteiger charge is -2.35. The van der Waals surface area contributed by atoms with E-state index in [4.69, 9.17) is 0 Å². The molecule has 3 fully saturated rings. The predicted octanol–water partition coefficient (Wildman–Crippen LogP) is 2.39. The molecule has 0 aromatic carbocycles. The summed E-state index contributed by atoms with van der Waals surface area (Å²) in [6.45, 7) is 7.54. The first kappa shape index (κ1) is 11.0. The molecule has 1 N–H and O–H groups in total. The Morgan fingerprint density at radius 2 is 2.00 bits per heavy atom. The summed E-state index contributed by atoms with van der Waals surface area (Å²) in [7, 11) is 0. The van der Waals surface area contributed by atoms with Crippen LogP contribution in [0.25, 0.3) is 0 Å². The van der Waals surface area contributed by atoms with Crippen LogP contribution in [0.15, 0.2) is 0 Å². The van der Waals surface area contributed by atoms with Crippen molar-refractivity contribution in [1.82, 2.24) is 10.2 Å². The molecule has 1 saturated carbocycles. The molecule has 3 atom stereocenters. The van der Waals surface area contributed by atoms with E-state index < -0.39 is 0 Å². The SMILES string of the molecule is CC(NC1CCN2CCCCC12)C1(C)CC1. The van der Waals surface area contributed by atoms with Crippen molar-refractivity contribution in [3.8, 4) is 0 Å². The zero-order valence-electron chi connectivity index (χ0n) is 10.8. The average Bonchev–Trinajstić information content (AvgIpc) is 2.92. The Morgan fingerprint density at radius 3 is 2.75 bits per heavy atom. The zero-order chi connectivity index (χ0) is 11.2. The lowest BCUT2D eigenvalue weighted by Crippen LogP contribution is -2.49. The average molecular weight is 222 g/mol. The lowest BCUT2D eigenvalue weighted by molar-refractivity contribution is 0.172. The molecule has 2 aliphatic heterocycles. The summed E-state index contributed by atoms with van der Waals surface area (Å²) in [5.41, 5.74) is 0.627. The summed E-state index contributed by atoms with van der Waals surface area (Å²) in [6.07, 6.45) is 8.55. The number of nitrogens with one attached hydrogen (secondary N) is 1. The largest absolute Gasteiger partial charge is 0.309 e. The molecule has 2 saturated heterocycles. The molecule has 3 rings (SSSR count). The van der Waals surface area contributed by atoms with E-state index in [1.165, 1.54) is 51.6 Å². The molecule has 1 aliphatic carbocycles. The van der Waals surface area contributed by atoms with E-state index >= 15 is 0 Å². The van der Waals surface area contributed by atoms with Crippen molar-refractivity contribution in [2.75, 3.05) is 13.1 Å². The van der Waals surface area contributed by atoms with E-state index in [-0.39, 0.29) is 0 Å². The highest BCUT2D eigenvalue weighted by Gasteiger charge is 2.45. The number of hydrogen-bond donors (Lipinski definition) is 1. The highest BCUT2D eigenvalue weighted by molar-refractivity contribution is 5.01. The van der Waals surface area contributed by atoms with E-state index in [9.17, 15) is 0 Å². The minimum atomic E-state index is 0.627. The quantitative estimate of drug-likeness (QED) is 0.789. The topological polar surface area (TPSA) is 15.3 Å². The molecule has 16 heavy (non-hydrogen) atoms. The molecular weight excluding hydrogens is 196 g/mol. The molecular formula is C14H26N2. The van der Waals surface area contributed by atoms with Gasteiger partial charge in [0.2, 0.25) is 0 Å². The molecule has 3 aliphatic rings. The molecule has 2 heterocycles. The minimum Gasteiger partial charge on any atom is -0.309 e. The van der Waals surface area contributed by atoms with Gasteiger partial charge in [-0.25, -0.2) is 0 Å². The zero-order valence-corrected chi connectivity index (χ0v) is 10.8. The van der Waals surface area contributed by atoms with Crippen molar-refractivity contribution in [3.63, 3.8) is 0 Å². The Bertz CT molecular complexity index is 259. The van der Waals surface area contributed by atoms with Crippen LogP contribution in [0.5, 0.6) is 0 Å². The van der Waals surface area contributed by atoms with Crippen molar-refractivity contribution in [3.05, 3.63) is 0 Å². The summed E-state index contributed by atoms with van der Waals surface area (Å²) in [6, 6.07) is 2.37. The molecule has 0 amide bonds. The number of piperidine rings is 1. The molecule has 0 bridgehead atoms. The number of rotatable bonds is 3. The van der Waals surface area contributed by atoms with Crippen LogP contribution in [0.3, 0.4) is 0 Å². The fourth-order valence-electron chi connectivity index (χ4n) is 3.59. The van der Waals surface area contributed by atoms with Crippen LogP contribution in [-0.4, -0.2) is 36.1 Å². The minimum absolute atomic E-state index is 0.627. The van der Waals surface area contributed by atoms with E-state index in [1.807, 2.05) is 0 Å². The van der Waals surface area contributed by atoms with Gasteiger partial charge in [-0.1, -0.05) is 13.3 Å². The van der Waals surface area contributed by atoms with Gasteiger partial charge in [0.05, 0.1) is 0 Å². The first-order chi connectivity index (χ1) is 7.69. The Kier molecular flexibility index (Phi) is 2.75. The van der Waals surface area contributed by atoms with Crippen molar-refractivity contribution in [1.29, 1.82) is 0 Å². The van der Waals surface area contributed by atoms with Gasteiger partial charge in [0, 0.05) is 24.7 Å². The molecule has 0 radical (unpaired) electrons. The monoisotopic (exact) mass is 222 g/mol. The summed E-state index contributed by atoms with van der Waals surface area (Å²) < 4.78 is 0. The Labute approximate surface area is 99.8 Å². The summed E-state index contributed by atoms with van der Waals surface area (Å²) >= 11 is 0. The summed E-state index contributed by atoms with van der Waals surface area (Å²) in [5, 5.41) is 3.94. The first-order valence-electron chi connectivity index (χ1n) is 7.19. The maximum Gasteiger partial charge on any atom is 0.0249 e. The van der Waals surface area contributed by atoms with Crippen molar-refractivity contribution in [2.45, 2.75) is 70.5 Å². The molecule has 0 spiro atoms. The second-order valence-corrected chi connectivity index (χ2v) is 6.54. The predicted molar refractivity (Wildman–Crippen MR) is 67.6 cm³/mol. The van der Waals surface area contributed by atoms with Gasteiger partial charge in [0.25, 0.3) is 0 Å². The second kappa shape index (κ2) is 3.99. The van der Waals surface area contributed by atoms with Gasteiger partial charge in [-0.3, -0.25) is 4.90 Å². The Morgan fingerprint density at radius 1 is 1.19 bits per heavy atom. The maximum atomic E-state index is 3.94. The fourth-order valence-corrected chi connectivity index (χ4v) is 3.59. The van der Waals surface area contributed by atoms with E-state index in [0.29, 0.717) is 5.41 Å². The van der Waals surface area contributed by atoms with Gasteiger partial charge < -0.3 is 5.32 Å². The van der Waals surface area contributed by atoms with E-state index in [2.05, 4.69) is 24.1 Å². The molecule has 0 aromatic heterocycles. The van der Waals surface area contributed by atoms with Gasteiger partial charge in [-0.2, -0.15) is 0 Å². The summed E-state index contributed by atoms with van der Waals surface area (Å²) in [5.74, 6) is 0. The maximum absolute atomic E-state index is 3.94. The van der Waals surface area contributed by atoms with Crippen molar-refractivity contribution in [2.24, 2.45) is 5.41 Å². The molecule has 0 aromatic rings. The fraction of sp³-hybridized carbons (Fsp3) is 1.00. The van der Waals surface area contributed by atoms with Gasteiger partial charge in [0.1, 0.15) is 0 Å². The van der Waals surface area contributed by atoms with Gasteiger partial charge in [0.15, 0.2) is 0 Å². The van der Waals surface area contributed by atoms with Gasteiger partial charge in [-0.05, 0) is 51.0 Å². The third-order valence-electron chi connectivity index (χ3n) is 5.40. The van der Waals surface area contributed by atoms with Gasteiger partial charge >= 0.3 is 0 Å². The van der Waals surface area contributed by atoms with Gasteiger partial charge in [-0.15, -0.1) is 0 Å². The molecule has 3 unspecified atom stereocenters. The molecule has 2 nitrogen and oxygen atoms in total. The number of nitrogens with zero attached hydrogens (tertiary/aromatic N) is 1. The van der Waals surface area contributed by atoms with Crippen LogP contribution >= 0.6 is 0 Å². The van der Waals surface area contributed by atoms with E-state index in [1.54, 1.807) is 0 Å². The standard InChI is InChI=1S/C14H26N2/c1-11(14(2)7-8-14)15-12-6-10-16-9-4-3-5-13(12)16/h11-13,15H,3-10H2,1-2H3. The first-order valence-corrected chi connectivity index (χ1v) is 7.19. The number of fused-ring (bicyclic) bond motifs is 1. The Hall–Kier alpha value is -0.0800. The van der Waals surface area contributed by atoms with Crippen LogP contribution in [0, 0.1) is 5.41 Å². The van der Waals surface area contributed by atoms with Crippen molar-refractivity contribution >= 4 is 0 Å². The second-order valence-electron chi connectivity index (χ2n) is 6.54. The highest BCUT2D eigenvalue weighted by atomic mass is 15.2. The van der Waals surface area contributed by atoms with Crippen LogP contribution in [0.4, 0.5) is 0 Å².